The molecule has 1 N–H and O–H groups in total. The number of nitrogens with zero attached hydrogens (tertiary/aromatic N) is 2. The number of carbonyl (C=O) groups is 1. The van der Waals surface area contributed by atoms with Gasteiger partial charge in [-0.2, -0.15) is 5.26 Å². The van der Waals surface area contributed by atoms with Crippen molar-refractivity contribution >= 4 is 28.5 Å². The Morgan fingerprint density at radius 1 is 1.43 bits per heavy atom. The van der Waals surface area contributed by atoms with Gasteiger partial charge in [-0.05, 0) is 30.2 Å². The lowest BCUT2D eigenvalue weighted by Gasteiger charge is -2.05. The van der Waals surface area contributed by atoms with Gasteiger partial charge >= 0.3 is 0 Å². The van der Waals surface area contributed by atoms with E-state index < -0.39 is 5.91 Å². The summed E-state index contributed by atoms with van der Waals surface area (Å²) in [6, 6.07) is 9.20. The Balaban J connectivity index is 2.02. The van der Waals surface area contributed by atoms with E-state index in [1.807, 2.05) is 30.3 Å². The van der Waals surface area contributed by atoms with Crippen LogP contribution in [0.25, 0.3) is 6.08 Å². The lowest BCUT2D eigenvalue weighted by atomic mass is 10.1. The van der Waals surface area contributed by atoms with Gasteiger partial charge in [0.25, 0.3) is 5.91 Å². The summed E-state index contributed by atoms with van der Waals surface area (Å²) < 4.78 is 5.58. The minimum absolute atomic E-state index is 0.0276. The highest BCUT2D eigenvalue weighted by Gasteiger charge is 2.10. The van der Waals surface area contributed by atoms with Gasteiger partial charge in [0.05, 0.1) is 6.61 Å². The largest absolute Gasteiger partial charge is 0.494 e. The van der Waals surface area contributed by atoms with Crippen molar-refractivity contribution in [2.75, 3.05) is 11.9 Å². The third kappa shape index (κ3) is 5.24. The number of aromatic nitrogens is 1. The van der Waals surface area contributed by atoms with Crippen molar-refractivity contribution in [3.63, 3.8) is 0 Å². The number of carbonyl (C=O) groups excluding carboxylic acids is 1. The van der Waals surface area contributed by atoms with Crippen LogP contribution in [0.1, 0.15) is 25.3 Å². The average molecular weight is 327 g/mol. The fourth-order valence-electron chi connectivity index (χ4n) is 1.76. The number of rotatable bonds is 7. The maximum atomic E-state index is 12.0. The number of hydrogen-bond donors (Lipinski definition) is 1. The van der Waals surface area contributed by atoms with Crippen LogP contribution in [0.15, 0.2) is 41.4 Å². The number of unbranched alkanes of at least 4 members (excludes halogenated alkanes) is 1. The van der Waals surface area contributed by atoms with E-state index in [-0.39, 0.29) is 5.57 Å². The Morgan fingerprint density at radius 2 is 2.22 bits per heavy atom. The molecule has 0 saturated carbocycles. The van der Waals surface area contributed by atoms with E-state index in [2.05, 4.69) is 17.2 Å². The van der Waals surface area contributed by atoms with E-state index in [0.717, 1.165) is 24.2 Å². The zero-order chi connectivity index (χ0) is 16.5. The number of nitrogens with one attached hydrogen (secondary N) is 1. The van der Waals surface area contributed by atoms with E-state index in [4.69, 9.17) is 10.00 Å². The highest BCUT2D eigenvalue weighted by Crippen LogP contribution is 2.16. The SMILES string of the molecule is CCCCOc1ccc(/C=C(/C#N)C(=O)Nc2nccs2)cc1. The molecular formula is C17H17N3O2S. The smallest absolute Gasteiger partial charge is 0.268 e. The molecule has 6 heteroatoms. The topological polar surface area (TPSA) is 75.0 Å². The number of anilines is 1. The van der Waals surface area contributed by atoms with Gasteiger partial charge in [0.1, 0.15) is 17.4 Å². The summed E-state index contributed by atoms with van der Waals surface area (Å²) in [5.74, 6) is 0.312. The van der Waals surface area contributed by atoms with Crippen molar-refractivity contribution in [2.24, 2.45) is 0 Å². The summed E-state index contributed by atoms with van der Waals surface area (Å²) in [4.78, 5) is 16.0. The van der Waals surface area contributed by atoms with Crippen LogP contribution in [0.3, 0.4) is 0 Å². The fourth-order valence-corrected chi connectivity index (χ4v) is 2.28. The van der Waals surface area contributed by atoms with Crippen molar-refractivity contribution in [1.82, 2.24) is 4.98 Å². The highest BCUT2D eigenvalue weighted by molar-refractivity contribution is 7.13. The van der Waals surface area contributed by atoms with Crippen molar-refractivity contribution in [3.05, 3.63) is 47.0 Å². The van der Waals surface area contributed by atoms with Gasteiger partial charge in [-0.3, -0.25) is 10.1 Å². The lowest BCUT2D eigenvalue weighted by Crippen LogP contribution is -2.13. The lowest BCUT2D eigenvalue weighted by molar-refractivity contribution is -0.112. The molecule has 0 aliphatic heterocycles. The van der Waals surface area contributed by atoms with Gasteiger partial charge in [0.15, 0.2) is 5.13 Å². The Labute approximate surface area is 139 Å². The Kier molecular flexibility index (Phi) is 6.33. The first kappa shape index (κ1) is 16.7. The third-order valence-corrected chi connectivity index (χ3v) is 3.66. The summed E-state index contributed by atoms with van der Waals surface area (Å²) in [6.07, 6.45) is 5.23. The second-order valence-corrected chi connectivity index (χ2v) is 5.63. The molecule has 0 fully saturated rings. The van der Waals surface area contributed by atoms with Crippen molar-refractivity contribution in [2.45, 2.75) is 19.8 Å². The number of benzene rings is 1. The number of thiazole rings is 1. The molecule has 1 amide bonds. The van der Waals surface area contributed by atoms with E-state index in [0.29, 0.717) is 11.7 Å². The predicted octanol–water partition coefficient (Wildman–Crippen LogP) is 3.87. The monoisotopic (exact) mass is 327 g/mol. The summed E-state index contributed by atoms with van der Waals surface area (Å²) >= 11 is 1.30. The minimum Gasteiger partial charge on any atom is -0.494 e. The van der Waals surface area contributed by atoms with Crippen molar-refractivity contribution < 1.29 is 9.53 Å². The maximum absolute atomic E-state index is 12.0. The first-order valence-electron chi connectivity index (χ1n) is 7.28. The summed E-state index contributed by atoms with van der Waals surface area (Å²) in [5, 5.41) is 14.0. The first-order chi connectivity index (χ1) is 11.2. The highest BCUT2D eigenvalue weighted by atomic mass is 32.1. The van der Waals surface area contributed by atoms with Crippen LogP contribution >= 0.6 is 11.3 Å². The zero-order valence-corrected chi connectivity index (χ0v) is 13.6. The summed E-state index contributed by atoms with van der Waals surface area (Å²) in [7, 11) is 0. The average Bonchev–Trinajstić information content (AvgIpc) is 3.07. The maximum Gasteiger partial charge on any atom is 0.268 e. The second-order valence-electron chi connectivity index (χ2n) is 4.73. The molecule has 5 nitrogen and oxygen atoms in total. The van der Waals surface area contributed by atoms with Gasteiger partial charge < -0.3 is 4.74 Å². The van der Waals surface area contributed by atoms with E-state index in [9.17, 15) is 4.79 Å². The molecule has 1 aromatic heterocycles. The molecule has 1 aromatic carbocycles. The molecule has 0 atom stereocenters. The fraction of sp³-hybridized carbons (Fsp3) is 0.235. The standard InChI is InChI=1S/C17H17N3O2S/c1-2-3-9-22-15-6-4-13(5-7-15)11-14(12-18)16(21)20-17-19-8-10-23-17/h4-8,10-11H,2-3,9H2,1H3,(H,19,20,21)/b14-11-. The Bertz CT molecular complexity index is 700. The molecule has 0 aliphatic rings. The van der Waals surface area contributed by atoms with E-state index in [1.54, 1.807) is 17.7 Å². The quantitative estimate of drug-likeness (QED) is 0.476. The van der Waals surface area contributed by atoms with Crippen LogP contribution in [0.4, 0.5) is 5.13 Å². The Hall–Kier alpha value is -2.65. The third-order valence-electron chi connectivity index (χ3n) is 2.98. The molecule has 0 spiro atoms. The second kappa shape index (κ2) is 8.71. The van der Waals surface area contributed by atoms with Gasteiger partial charge in [-0.25, -0.2) is 4.98 Å². The van der Waals surface area contributed by atoms with E-state index in [1.165, 1.54) is 11.3 Å². The van der Waals surface area contributed by atoms with Gasteiger partial charge in [0.2, 0.25) is 0 Å². The van der Waals surface area contributed by atoms with Crippen molar-refractivity contribution in [3.8, 4) is 11.8 Å². The number of nitriles is 1. The van der Waals surface area contributed by atoms with E-state index >= 15 is 0 Å². The molecule has 0 unspecified atom stereocenters. The molecule has 2 aromatic rings. The minimum atomic E-state index is -0.467. The molecule has 23 heavy (non-hydrogen) atoms. The molecule has 0 radical (unpaired) electrons. The number of hydrogen-bond acceptors (Lipinski definition) is 5. The molecule has 1 heterocycles. The van der Waals surface area contributed by atoms with Crippen molar-refractivity contribution in [1.29, 1.82) is 5.26 Å². The first-order valence-corrected chi connectivity index (χ1v) is 8.16. The molecule has 118 valence electrons. The molecular weight excluding hydrogens is 310 g/mol. The zero-order valence-electron chi connectivity index (χ0n) is 12.8. The van der Waals surface area contributed by atoms with Crippen LogP contribution in [-0.2, 0) is 4.79 Å². The molecule has 0 saturated heterocycles. The molecule has 2 rings (SSSR count). The van der Waals surface area contributed by atoms with Gasteiger partial charge in [-0.1, -0.05) is 25.5 Å². The summed E-state index contributed by atoms with van der Waals surface area (Å²) in [5.41, 5.74) is 0.790. The van der Waals surface area contributed by atoms with Crippen LogP contribution < -0.4 is 10.1 Å². The normalized spacial score (nSPS) is 10.9. The van der Waals surface area contributed by atoms with Gasteiger partial charge in [-0.15, -0.1) is 11.3 Å². The molecule has 0 aliphatic carbocycles. The Morgan fingerprint density at radius 3 is 2.83 bits per heavy atom. The molecule has 0 bridgehead atoms. The predicted molar refractivity (Wildman–Crippen MR) is 91.2 cm³/mol. The van der Waals surface area contributed by atoms with Crippen LogP contribution in [0.5, 0.6) is 5.75 Å². The van der Waals surface area contributed by atoms with Crippen LogP contribution in [-0.4, -0.2) is 17.5 Å². The number of amides is 1. The summed E-state index contributed by atoms with van der Waals surface area (Å²) in [6.45, 7) is 2.79. The number of ether oxygens (including phenoxy) is 1. The van der Waals surface area contributed by atoms with Crippen LogP contribution in [0, 0.1) is 11.3 Å². The van der Waals surface area contributed by atoms with Gasteiger partial charge in [0, 0.05) is 11.6 Å². The van der Waals surface area contributed by atoms with Crippen LogP contribution in [0.2, 0.25) is 0 Å².